The lowest BCUT2D eigenvalue weighted by molar-refractivity contribution is 0.0974. The Balaban J connectivity index is 0.000000185. The van der Waals surface area contributed by atoms with Gasteiger partial charge in [0.25, 0.3) is 0 Å². The van der Waals surface area contributed by atoms with Crippen molar-refractivity contribution in [2.24, 2.45) is 0 Å². The first-order valence-corrected chi connectivity index (χ1v) is 14.0. The summed E-state index contributed by atoms with van der Waals surface area (Å²) in [4.78, 5) is 29.5. The fourth-order valence-corrected chi connectivity index (χ4v) is 6.21. The van der Waals surface area contributed by atoms with Gasteiger partial charge >= 0.3 is 0 Å². The van der Waals surface area contributed by atoms with Crippen LogP contribution in [0.1, 0.15) is 55.0 Å². The normalized spacial score (nSPS) is 13.8. The van der Waals surface area contributed by atoms with Crippen LogP contribution in [0.25, 0.3) is 5.57 Å². The van der Waals surface area contributed by atoms with E-state index in [4.69, 9.17) is 11.6 Å². The van der Waals surface area contributed by atoms with Crippen LogP contribution < -0.4 is 0 Å². The van der Waals surface area contributed by atoms with E-state index >= 15 is 0 Å². The summed E-state index contributed by atoms with van der Waals surface area (Å²) in [6.45, 7) is 2.78. The van der Waals surface area contributed by atoms with Gasteiger partial charge in [0.1, 0.15) is 11.5 Å². The summed E-state index contributed by atoms with van der Waals surface area (Å²) in [5, 5.41) is 20.4. The monoisotopic (exact) mass is 605 g/mol. The lowest BCUT2D eigenvalue weighted by Gasteiger charge is -2.22. The molecule has 0 fully saturated rings. The second kappa shape index (κ2) is 12.5. The van der Waals surface area contributed by atoms with Gasteiger partial charge in [-0.05, 0) is 92.2 Å². The van der Waals surface area contributed by atoms with Gasteiger partial charge in [-0.15, -0.1) is 12.4 Å². The van der Waals surface area contributed by atoms with Gasteiger partial charge in [0, 0.05) is 32.5 Å². The van der Waals surface area contributed by atoms with Crippen molar-refractivity contribution in [1.29, 1.82) is 0 Å². The number of benzene rings is 4. The molecule has 4 aromatic rings. The number of rotatable bonds is 3. The smallest absolute Gasteiger partial charge is 0.201 e. The molecule has 41 heavy (non-hydrogen) atoms. The van der Waals surface area contributed by atoms with Crippen LogP contribution in [0.15, 0.2) is 88.7 Å². The first kappa shape index (κ1) is 30.4. The quantitative estimate of drug-likeness (QED) is 0.214. The van der Waals surface area contributed by atoms with Gasteiger partial charge in [0.2, 0.25) is 5.78 Å². The summed E-state index contributed by atoms with van der Waals surface area (Å²) in [5.41, 5.74) is 4.84. The highest BCUT2D eigenvalue weighted by atomic mass is 35.5. The zero-order valence-corrected chi connectivity index (χ0v) is 25.2. The van der Waals surface area contributed by atoms with Crippen LogP contribution in [0.3, 0.4) is 0 Å². The standard InChI is InChI=1S/C18H18ClNS.C15H10O4.ClH/c1-20(2)11-5-7-14-15-6-3-4-8-17(15)21-18-10-9-13(19)12-16(14)18;1-7-5-9-13(11(17)6-7)15(19)12-8(14(9)18)3-2-4-10(12)16;/h3-4,6-10,12H,5,11H2,1-2H3;2-6,16-17H,1H3;1H. The number of hydrogen-bond acceptors (Lipinski definition) is 6. The first-order chi connectivity index (χ1) is 19.2. The Bertz CT molecular complexity index is 1700. The summed E-state index contributed by atoms with van der Waals surface area (Å²) in [7, 11) is 4.21. The number of hydrogen-bond donors (Lipinski definition) is 2. The maximum atomic E-state index is 12.3. The van der Waals surface area contributed by atoms with Crippen molar-refractivity contribution in [2.45, 2.75) is 23.1 Å². The summed E-state index contributed by atoms with van der Waals surface area (Å²) < 4.78 is 0. The van der Waals surface area contributed by atoms with Crippen LogP contribution >= 0.6 is 35.8 Å². The van der Waals surface area contributed by atoms with Gasteiger partial charge in [0.05, 0.1) is 11.1 Å². The number of aromatic hydroxyl groups is 2. The molecule has 8 heteroatoms. The molecule has 0 saturated carbocycles. The Morgan fingerprint density at radius 2 is 1.46 bits per heavy atom. The van der Waals surface area contributed by atoms with E-state index in [1.165, 1.54) is 50.8 Å². The molecule has 210 valence electrons. The molecule has 0 amide bonds. The molecule has 1 heterocycles. The molecule has 2 N–H and O–H groups in total. The number of nitrogens with zero attached hydrogens (tertiary/aromatic N) is 1. The zero-order chi connectivity index (χ0) is 28.6. The highest BCUT2D eigenvalue weighted by Crippen LogP contribution is 2.46. The Hall–Kier alpha value is -3.55. The number of aryl methyl sites for hydroxylation is 1. The van der Waals surface area contributed by atoms with Crippen LogP contribution in [-0.4, -0.2) is 47.3 Å². The van der Waals surface area contributed by atoms with Gasteiger partial charge in [0.15, 0.2) is 5.78 Å². The van der Waals surface area contributed by atoms with E-state index in [1.54, 1.807) is 13.0 Å². The summed E-state index contributed by atoms with van der Waals surface area (Å²) >= 11 is 8.03. The fourth-order valence-electron chi connectivity index (χ4n) is 4.95. The van der Waals surface area contributed by atoms with Crippen molar-refractivity contribution in [3.63, 3.8) is 0 Å². The van der Waals surface area contributed by atoms with E-state index in [9.17, 15) is 19.8 Å². The molecule has 0 unspecified atom stereocenters. The predicted molar refractivity (Wildman–Crippen MR) is 167 cm³/mol. The molecule has 2 aliphatic rings. The van der Waals surface area contributed by atoms with Crippen molar-refractivity contribution >= 4 is 52.9 Å². The molecule has 0 saturated heterocycles. The minimum Gasteiger partial charge on any atom is -0.507 e. The van der Waals surface area contributed by atoms with Crippen molar-refractivity contribution in [1.82, 2.24) is 4.90 Å². The van der Waals surface area contributed by atoms with Crippen LogP contribution in [0.2, 0.25) is 5.02 Å². The summed E-state index contributed by atoms with van der Waals surface area (Å²) in [6.07, 6.45) is 3.38. The molecule has 1 aliphatic carbocycles. The molecule has 1 aliphatic heterocycles. The number of fused-ring (bicyclic) bond motifs is 4. The van der Waals surface area contributed by atoms with Gasteiger partial charge < -0.3 is 15.1 Å². The number of carbonyl (C=O) groups is 2. The molecule has 5 nitrogen and oxygen atoms in total. The van der Waals surface area contributed by atoms with E-state index < -0.39 is 5.78 Å². The van der Waals surface area contributed by atoms with E-state index in [0.29, 0.717) is 5.56 Å². The molecule has 0 atom stereocenters. The largest absolute Gasteiger partial charge is 0.507 e. The minimum atomic E-state index is -0.528. The van der Waals surface area contributed by atoms with E-state index in [0.717, 1.165) is 18.0 Å². The maximum Gasteiger partial charge on any atom is 0.201 e. The van der Waals surface area contributed by atoms with Gasteiger partial charge in [-0.2, -0.15) is 0 Å². The van der Waals surface area contributed by atoms with E-state index in [1.807, 2.05) is 17.8 Å². The second-order valence-corrected chi connectivity index (χ2v) is 11.5. The molecular weight excluding hydrogens is 577 g/mol. The Labute approximate surface area is 254 Å². The number of carbonyl (C=O) groups excluding carboxylic acids is 2. The number of ketones is 2. The molecule has 0 radical (unpaired) electrons. The SMILES string of the molecule is CN(C)CCC=C1c2ccccc2Sc2ccc(Cl)cc21.Cc1cc(O)c2c(c1)C(=O)c1cccc(O)c1C2=O.Cl. The van der Waals surface area contributed by atoms with Crippen molar-refractivity contribution < 1.29 is 19.8 Å². The lowest BCUT2D eigenvalue weighted by Crippen LogP contribution is -2.21. The third-order valence-corrected chi connectivity index (χ3v) is 8.19. The predicted octanol–water partition coefficient (Wildman–Crippen LogP) is 7.79. The topological polar surface area (TPSA) is 77.8 Å². The fraction of sp³-hybridized carbons (Fsp3) is 0.152. The lowest BCUT2D eigenvalue weighted by atomic mass is 9.82. The number of phenols is 2. The van der Waals surface area contributed by atoms with E-state index in [-0.39, 0.29) is 51.9 Å². The summed E-state index contributed by atoms with van der Waals surface area (Å²) in [6, 6.07) is 22.1. The van der Waals surface area contributed by atoms with Crippen LogP contribution in [0.5, 0.6) is 11.5 Å². The Morgan fingerprint density at radius 3 is 2.22 bits per heavy atom. The van der Waals surface area contributed by atoms with Crippen molar-refractivity contribution in [2.75, 3.05) is 20.6 Å². The van der Waals surface area contributed by atoms with Gasteiger partial charge in [-0.1, -0.05) is 59.8 Å². The molecular formula is C33H29Cl2NO4S. The second-order valence-electron chi connectivity index (χ2n) is 10.0. The minimum absolute atomic E-state index is 0. The molecule has 4 aromatic carbocycles. The van der Waals surface area contributed by atoms with Crippen LogP contribution in [-0.2, 0) is 0 Å². The third kappa shape index (κ3) is 6.07. The van der Waals surface area contributed by atoms with Crippen molar-refractivity contribution in [3.05, 3.63) is 123 Å². The number of phenolic OH excluding ortho intramolecular Hbond substituents is 2. The first-order valence-electron chi connectivity index (χ1n) is 12.8. The average molecular weight is 607 g/mol. The third-order valence-electron chi connectivity index (χ3n) is 6.80. The molecule has 6 rings (SSSR count). The zero-order valence-electron chi connectivity index (χ0n) is 22.8. The van der Waals surface area contributed by atoms with Crippen LogP contribution in [0.4, 0.5) is 0 Å². The molecule has 0 aromatic heterocycles. The van der Waals surface area contributed by atoms with Gasteiger partial charge in [-0.3, -0.25) is 9.59 Å². The highest BCUT2D eigenvalue weighted by Gasteiger charge is 2.34. The van der Waals surface area contributed by atoms with Crippen molar-refractivity contribution in [3.8, 4) is 11.5 Å². The van der Waals surface area contributed by atoms with Gasteiger partial charge in [-0.25, -0.2) is 0 Å². The molecule has 0 bridgehead atoms. The molecule has 0 spiro atoms. The maximum absolute atomic E-state index is 12.3. The van der Waals surface area contributed by atoms with E-state index in [2.05, 4.69) is 61.5 Å². The Kier molecular flexibility index (Phi) is 9.30. The number of halogens is 2. The average Bonchev–Trinajstić information content (AvgIpc) is 2.91. The Morgan fingerprint density at radius 1 is 0.780 bits per heavy atom. The highest BCUT2D eigenvalue weighted by molar-refractivity contribution is 7.99. The summed E-state index contributed by atoms with van der Waals surface area (Å²) in [5.74, 6) is -1.37. The van der Waals surface area contributed by atoms with Crippen LogP contribution in [0, 0.1) is 6.92 Å².